The van der Waals surface area contributed by atoms with Gasteiger partial charge in [-0.2, -0.15) is 5.10 Å². The Kier molecular flexibility index (Phi) is 2.73. The van der Waals surface area contributed by atoms with Crippen molar-refractivity contribution >= 4 is 12.2 Å². The van der Waals surface area contributed by atoms with Gasteiger partial charge in [0.1, 0.15) is 12.7 Å². The minimum Gasteiger partial charge on any atom is -0.545 e. The maximum Gasteiger partial charge on any atom is 0.141 e. The Hall–Kier alpha value is -2.50. The topological polar surface area (TPSA) is 83.2 Å². The number of aromatic carboxylic acids is 1. The van der Waals surface area contributed by atoms with E-state index in [4.69, 9.17) is 0 Å². The fraction of sp³-hybridized carbons (Fsp3) is 0. The highest BCUT2D eigenvalue weighted by molar-refractivity contribution is 5.87. The Bertz CT molecular complexity index is 502. The first kappa shape index (κ1) is 10.0. The van der Waals surface area contributed by atoms with Crippen LogP contribution in [0, 0.1) is 0 Å². The minimum atomic E-state index is -1.19. The molecule has 16 heavy (non-hydrogen) atoms. The van der Waals surface area contributed by atoms with Gasteiger partial charge in [0.2, 0.25) is 0 Å². The largest absolute Gasteiger partial charge is 0.545 e. The number of carbonyl (C=O) groups is 1. The lowest BCUT2D eigenvalue weighted by atomic mass is 10.1. The molecule has 1 aromatic carbocycles. The molecule has 0 radical (unpaired) electrons. The number of benzene rings is 1. The van der Waals surface area contributed by atoms with Crippen LogP contribution in [0.5, 0.6) is 0 Å². The summed E-state index contributed by atoms with van der Waals surface area (Å²) < 4.78 is 1.44. The van der Waals surface area contributed by atoms with Gasteiger partial charge in [0, 0.05) is 0 Å². The molecule has 1 aromatic heterocycles. The predicted octanol–water partition coefficient (Wildman–Crippen LogP) is -0.476. The Morgan fingerprint density at radius 1 is 1.25 bits per heavy atom. The van der Waals surface area contributed by atoms with Crippen LogP contribution in [0.3, 0.4) is 0 Å². The van der Waals surface area contributed by atoms with Crippen LogP contribution in [-0.4, -0.2) is 27.1 Å². The third-order valence-electron chi connectivity index (χ3n) is 1.89. The first-order chi connectivity index (χ1) is 7.75. The molecule has 0 saturated carbocycles. The fourth-order valence-corrected chi connectivity index (χ4v) is 1.09. The highest BCUT2D eigenvalue weighted by atomic mass is 16.4. The van der Waals surface area contributed by atoms with Gasteiger partial charge < -0.3 is 9.90 Å². The van der Waals surface area contributed by atoms with E-state index in [0.29, 0.717) is 0 Å². The Morgan fingerprint density at radius 2 is 1.88 bits per heavy atom. The van der Waals surface area contributed by atoms with Crippen LogP contribution in [-0.2, 0) is 0 Å². The predicted molar refractivity (Wildman–Crippen MR) is 53.8 cm³/mol. The summed E-state index contributed by atoms with van der Waals surface area (Å²) in [5.41, 5.74) is 0.917. The van der Waals surface area contributed by atoms with E-state index in [-0.39, 0.29) is 5.56 Å². The number of hydrogen-bond acceptors (Lipinski definition) is 5. The maximum absolute atomic E-state index is 10.5. The summed E-state index contributed by atoms with van der Waals surface area (Å²) in [5.74, 6) is -1.19. The maximum atomic E-state index is 10.5. The molecule has 80 valence electrons. The van der Waals surface area contributed by atoms with Crippen molar-refractivity contribution in [3.63, 3.8) is 0 Å². The molecule has 0 amide bonds. The molecular weight excluding hydrogens is 208 g/mol. The lowest BCUT2D eigenvalue weighted by molar-refractivity contribution is -0.255. The summed E-state index contributed by atoms with van der Waals surface area (Å²) in [7, 11) is 0. The molecule has 6 heteroatoms. The van der Waals surface area contributed by atoms with Crippen LogP contribution in [0.2, 0.25) is 0 Å². The zero-order chi connectivity index (χ0) is 11.4. The molecule has 0 bridgehead atoms. The summed E-state index contributed by atoms with van der Waals surface area (Å²) in [6, 6.07) is 6.20. The van der Waals surface area contributed by atoms with Gasteiger partial charge in [0.15, 0.2) is 0 Å². The average molecular weight is 215 g/mol. The molecule has 2 rings (SSSR count). The van der Waals surface area contributed by atoms with Gasteiger partial charge in [-0.3, -0.25) is 0 Å². The van der Waals surface area contributed by atoms with Gasteiger partial charge in [0.05, 0.1) is 12.2 Å². The van der Waals surface area contributed by atoms with E-state index in [1.165, 1.54) is 29.5 Å². The zero-order valence-corrected chi connectivity index (χ0v) is 8.15. The highest BCUT2D eigenvalue weighted by Crippen LogP contribution is 2.01. The number of carboxylic acids is 1. The molecular formula is C10H7N4O2-. The second-order valence-corrected chi connectivity index (χ2v) is 3.00. The molecule has 6 nitrogen and oxygen atoms in total. The Labute approximate surface area is 90.9 Å². The van der Waals surface area contributed by atoms with Gasteiger partial charge in [-0.1, -0.05) is 24.3 Å². The normalized spacial score (nSPS) is 10.8. The number of carboxylic acid groups (broad SMARTS) is 1. The second kappa shape index (κ2) is 4.35. The van der Waals surface area contributed by atoms with E-state index in [0.717, 1.165) is 5.56 Å². The van der Waals surface area contributed by atoms with Crippen molar-refractivity contribution in [3.8, 4) is 0 Å². The summed E-state index contributed by atoms with van der Waals surface area (Å²) in [6.07, 6.45) is 4.47. The fourth-order valence-electron chi connectivity index (χ4n) is 1.09. The number of aromatic nitrogens is 3. The van der Waals surface area contributed by atoms with Crippen molar-refractivity contribution in [1.82, 2.24) is 14.9 Å². The van der Waals surface area contributed by atoms with Gasteiger partial charge >= 0.3 is 0 Å². The van der Waals surface area contributed by atoms with Gasteiger partial charge in [0.25, 0.3) is 0 Å². The molecule has 0 unspecified atom stereocenters. The van der Waals surface area contributed by atoms with Crippen LogP contribution in [0.1, 0.15) is 15.9 Å². The van der Waals surface area contributed by atoms with Crippen LogP contribution in [0.25, 0.3) is 0 Å². The van der Waals surface area contributed by atoms with E-state index in [2.05, 4.69) is 15.3 Å². The molecule has 0 spiro atoms. The molecule has 0 aliphatic heterocycles. The molecule has 2 aromatic rings. The Balaban J connectivity index is 2.14. The van der Waals surface area contributed by atoms with Gasteiger partial charge in [-0.05, 0) is 11.1 Å². The first-order valence-electron chi connectivity index (χ1n) is 4.46. The molecule has 1 heterocycles. The number of hydrogen-bond donors (Lipinski definition) is 0. The van der Waals surface area contributed by atoms with E-state index < -0.39 is 5.97 Å². The Morgan fingerprint density at radius 3 is 2.44 bits per heavy atom. The second-order valence-electron chi connectivity index (χ2n) is 3.00. The quantitative estimate of drug-likeness (QED) is 0.647. The summed E-state index contributed by atoms with van der Waals surface area (Å²) >= 11 is 0. The molecule has 0 atom stereocenters. The lowest BCUT2D eigenvalue weighted by Gasteiger charge is -2.01. The average Bonchev–Trinajstić information content (AvgIpc) is 2.80. The van der Waals surface area contributed by atoms with Crippen LogP contribution in [0.4, 0.5) is 0 Å². The third kappa shape index (κ3) is 2.30. The minimum absolute atomic E-state index is 0.140. The van der Waals surface area contributed by atoms with E-state index >= 15 is 0 Å². The first-order valence-corrected chi connectivity index (χ1v) is 4.46. The molecule has 0 N–H and O–H groups in total. The molecule has 0 aliphatic rings. The number of nitrogens with zero attached hydrogens (tertiary/aromatic N) is 4. The number of carbonyl (C=O) groups excluding carboxylic acids is 1. The molecule has 0 aliphatic carbocycles. The number of rotatable bonds is 3. The van der Waals surface area contributed by atoms with E-state index in [1.54, 1.807) is 18.3 Å². The van der Waals surface area contributed by atoms with Crippen LogP contribution >= 0.6 is 0 Å². The third-order valence-corrected chi connectivity index (χ3v) is 1.89. The molecule has 0 saturated heterocycles. The monoisotopic (exact) mass is 215 g/mol. The van der Waals surface area contributed by atoms with E-state index in [9.17, 15) is 9.90 Å². The zero-order valence-electron chi connectivity index (χ0n) is 8.15. The van der Waals surface area contributed by atoms with Crippen LogP contribution < -0.4 is 5.11 Å². The summed E-state index contributed by atoms with van der Waals surface area (Å²) in [5, 5.41) is 21.7. The highest BCUT2D eigenvalue weighted by Gasteiger charge is 1.92. The van der Waals surface area contributed by atoms with Crippen LogP contribution in [0.15, 0.2) is 42.0 Å². The smallest absolute Gasteiger partial charge is 0.141 e. The van der Waals surface area contributed by atoms with E-state index in [1.807, 2.05) is 0 Å². The van der Waals surface area contributed by atoms with Crippen molar-refractivity contribution in [3.05, 3.63) is 48.0 Å². The van der Waals surface area contributed by atoms with Crippen molar-refractivity contribution in [1.29, 1.82) is 0 Å². The van der Waals surface area contributed by atoms with Crippen molar-refractivity contribution in [2.24, 2.45) is 5.10 Å². The van der Waals surface area contributed by atoms with Crippen molar-refractivity contribution in [2.45, 2.75) is 0 Å². The lowest BCUT2D eigenvalue weighted by Crippen LogP contribution is -2.21. The summed E-state index contributed by atoms with van der Waals surface area (Å²) in [6.45, 7) is 0. The van der Waals surface area contributed by atoms with Gasteiger partial charge in [-0.15, -0.1) is 10.2 Å². The van der Waals surface area contributed by atoms with Crippen molar-refractivity contribution in [2.75, 3.05) is 0 Å². The standard InChI is InChI=1S/C10H8N4O2/c15-10(16)9-3-1-8(2-4-9)5-13-14-6-11-12-7-14/h1-7H,(H,15,16)/p-1/b13-5-. The summed E-state index contributed by atoms with van der Waals surface area (Å²) in [4.78, 5) is 10.5. The van der Waals surface area contributed by atoms with Crippen molar-refractivity contribution < 1.29 is 9.90 Å². The SMILES string of the molecule is O=C([O-])c1ccc(/C=N\n2cnnc2)cc1. The molecule has 0 fully saturated rings. The van der Waals surface area contributed by atoms with Gasteiger partial charge in [-0.25, -0.2) is 4.68 Å².